The van der Waals surface area contributed by atoms with Crippen molar-refractivity contribution in [2.24, 2.45) is 0 Å². The zero-order valence-corrected chi connectivity index (χ0v) is 15.6. The molecule has 1 N–H and O–H groups in total. The number of carbonyl (C=O) groups is 1. The number of hydrogen-bond donors (Lipinski definition) is 1. The summed E-state index contributed by atoms with van der Waals surface area (Å²) in [5.74, 6) is 0.698. The number of nitrogens with one attached hydrogen (secondary N) is 1. The molecule has 0 aliphatic carbocycles. The minimum Gasteiger partial charge on any atom is -0.454 e. The third-order valence-corrected chi connectivity index (χ3v) is 5.32. The molecular formula is C18H20N2O5S. The average molecular weight is 376 g/mol. The van der Waals surface area contributed by atoms with Gasteiger partial charge in [0.1, 0.15) is 6.54 Å². The van der Waals surface area contributed by atoms with E-state index in [0.29, 0.717) is 22.9 Å². The van der Waals surface area contributed by atoms with Gasteiger partial charge >= 0.3 is 0 Å². The van der Waals surface area contributed by atoms with Crippen molar-refractivity contribution in [2.75, 3.05) is 29.2 Å². The van der Waals surface area contributed by atoms with Crippen LogP contribution in [0.25, 0.3) is 0 Å². The van der Waals surface area contributed by atoms with E-state index in [1.165, 1.54) is 0 Å². The quantitative estimate of drug-likeness (QED) is 0.866. The van der Waals surface area contributed by atoms with Crippen molar-refractivity contribution >= 4 is 27.3 Å². The summed E-state index contributed by atoms with van der Waals surface area (Å²) >= 11 is 0. The molecule has 26 heavy (non-hydrogen) atoms. The number of ether oxygens (including phenoxy) is 2. The number of rotatable bonds is 5. The van der Waals surface area contributed by atoms with Crippen molar-refractivity contribution in [1.82, 2.24) is 0 Å². The van der Waals surface area contributed by atoms with Crippen LogP contribution in [0, 0.1) is 13.8 Å². The van der Waals surface area contributed by atoms with Crippen molar-refractivity contribution in [3.8, 4) is 11.5 Å². The van der Waals surface area contributed by atoms with E-state index in [4.69, 9.17) is 9.47 Å². The highest BCUT2D eigenvalue weighted by atomic mass is 32.2. The fourth-order valence-electron chi connectivity index (χ4n) is 2.69. The minimum atomic E-state index is -3.63. The predicted octanol–water partition coefficient (Wildman–Crippen LogP) is 2.44. The van der Waals surface area contributed by atoms with Gasteiger partial charge in [0.2, 0.25) is 22.7 Å². The molecule has 138 valence electrons. The first-order chi connectivity index (χ1) is 12.3. The number of hydrogen-bond acceptors (Lipinski definition) is 5. The highest BCUT2D eigenvalue weighted by Gasteiger charge is 2.23. The van der Waals surface area contributed by atoms with Gasteiger partial charge < -0.3 is 14.8 Å². The summed E-state index contributed by atoms with van der Waals surface area (Å²) in [4.78, 5) is 12.4. The summed E-state index contributed by atoms with van der Waals surface area (Å²) in [6, 6.07) is 10.4. The second-order valence-corrected chi connectivity index (χ2v) is 8.01. The lowest BCUT2D eigenvalue weighted by Gasteiger charge is -2.24. The van der Waals surface area contributed by atoms with Crippen molar-refractivity contribution in [3.05, 3.63) is 47.5 Å². The van der Waals surface area contributed by atoms with E-state index in [1.54, 1.807) is 30.3 Å². The van der Waals surface area contributed by atoms with Gasteiger partial charge in [0, 0.05) is 11.8 Å². The highest BCUT2D eigenvalue weighted by molar-refractivity contribution is 7.92. The van der Waals surface area contributed by atoms with Crippen molar-refractivity contribution < 1.29 is 22.7 Å². The van der Waals surface area contributed by atoms with Gasteiger partial charge in [0.05, 0.1) is 11.9 Å². The number of sulfonamides is 1. The third kappa shape index (κ3) is 3.75. The summed E-state index contributed by atoms with van der Waals surface area (Å²) < 4.78 is 36.1. The van der Waals surface area contributed by atoms with Gasteiger partial charge in [-0.1, -0.05) is 12.1 Å². The van der Waals surface area contributed by atoms with Gasteiger partial charge in [0.15, 0.2) is 11.5 Å². The van der Waals surface area contributed by atoms with Crippen LogP contribution in [0.2, 0.25) is 0 Å². The number of benzene rings is 2. The fraction of sp³-hybridized carbons (Fsp3) is 0.278. The van der Waals surface area contributed by atoms with Crippen LogP contribution >= 0.6 is 0 Å². The van der Waals surface area contributed by atoms with Crippen LogP contribution in [0.1, 0.15) is 11.1 Å². The molecule has 0 radical (unpaired) electrons. The Balaban J connectivity index is 1.81. The maximum atomic E-state index is 12.4. The largest absolute Gasteiger partial charge is 0.454 e. The van der Waals surface area contributed by atoms with Gasteiger partial charge in [0.25, 0.3) is 0 Å². The SMILES string of the molecule is Cc1cccc(N(CC(=O)Nc2ccc3c(c2)OCO3)S(C)(=O)=O)c1C. The molecule has 0 aromatic heterocycles. The summed E-state index contributed by atoms with van der Waals surface area (Å²) in [5.41, 5.74) is 2.77. The van der Waals surface area contributed by atoms with Crippen LogP contribution in [-0.2, 0) is 14.8 Å². The van der Waals surface area contributed by atoms with Crippen LogP contribution in [-0.4, -0.2) is 33.9 Å². The van der Waals surface area contributed by atoms with Crippen LogP contribution < -0.4 is 19.1 Å². The third-order valence-electron chi connectivity index (χ3n) is 4.19. The topological polar surface area (TPSA) is 84.9 Å². The molecule has 0 saturated heterocycles. The first-order valence-electron chi connectivity index (χ1n) is 7.99. The number of aryl methyl sites for hydroxylation is 1. The molecule has 0 spiro atoms. The molecule has 1 heterocycles. The molecule has 3 rings (SSSR count). The van der Waals surface area contributed by atoms with Crippen LogP contribution in [0.3, 0.4) is 0 Å². The van der Waals surface area contributed by atoms with Crippen LogP contribution in [0.4, 0.5) is 11.4 Å². The second kappa shape index (κ2) is 6.87. The maximum Gasteiger partial charge on any atom is 0.245 e. The van der Waals surface area contributed by atoms with Gasteiger partial charge in [-0.25, -0.2) is 8.42 Å². The Morgan fingerprint density at radius 3 is 2.62 bits per heavy atom. The number of nitrogens with zero attached hydrogens (tertiary/aromatic N) is 1. The smallest absolute Gasteiger partial charge is 0.245 e. The fourth-order valence-corrected chi connectivity index (χ4v) is 3.60. The molecule has 0 unspecified atom stereocenters. The van der Waals surface area contributed by atoms with Gasteiger partial charge in [-0.3, -0.25) is 9.10 Å². The molecule has 1 amide bonds. The summed E-state index contributed by atoms with van der Waals surface area (Å²) in [5, 5.41) is 2.70. The Labute approximate surface area is 152 Å². The molecule has 0 saturated carbocycles. The van der Waals surface area contributed by atoms with E-state index in [2.05, 4.69) is 5.32 Å². The summed E-state index contributed by atoms with van der Waals surface area (Å²) in [7, 11) is -3.63. The molecular weight excluding hydrogens is 356 g/mol. The Morgan fingerprint density at radius 1 is 1.15 bits per heavy atom. The standard InChI is InChI=1S/C18H20N2O5S/c1-12-5-4-6-15(13(12)2)20(26(3,22)23)10-18(21)19-14-7-8-16-17(9-14)25-11-24-16/h4-9H,10-11H2,1-3H3,(H,19,21). The van der Waals surface area contributed by atoms with E-state index in [1.807, 2.05) is 19.9 Å². The Hall–Kier alpha value is -2.74. The molecule has 0 atom stereocenters. The Bertz CT molecular complexity index is 956. The molecule has 2 aromatic rings. The molecule has 0 fully saturated rings. The summed E-state index contributed by atoms with van der Waals surface area (Å²) in [6.07, 6.45) is 1.09. The molecule has 1 aliphatic rings. The zero-order chi connectivity index (χ0) is 18.9. The van der Waals surface area contributed by atoms with E-state index in [0.717, 1.165) is 21.7 Å². The molecule has 0 bridgehead atoms. The first-order valence-corrected chi connectivity index (χ1v) is 9.84. The molecule has 7 nitrogen and oxygen atoms in total. The average Bonchev–Trinajstić information content (AvgIpc) is 3.02. The van der Waals surface area contributed by atoms with Crippen LogP contribution in [0.15, 0.2) is 36.4 Å². The van der Waals surface area contributed by atoms with Gasteiger partial charge in [-0.15, -0.1) is 0 Å². The molecule has 1 aliphatic heterocycles. The van der Waals surface area contributed by atoms with Crippen molar-refractivity contribution in [3.63, 3.8) is 0 Å². The van der Waals surface area contributed by atoms with E-state index >= 15 is 0 Å². The molecule has 8 heteroatoms. The Kier molecular flexibility index (Phi) is 4.78. The lowest BCUT2D eigenvalue weighted by molar-refractivity contribution is -0.114. The van der Waals surface area contributed by atoms with E-state index in [-0.39, 0.29) is 13.3 Å². The second-order valence-electron chi connectivity index (χ2n) is 6.10. The van der Waals surface area contributed by atoms with Crippen molar-refractivity contribution in [1.29, 1.82) is 0 Å². The normalized spacial score (nSPS) is 12.7. The van der Waals surface area contributed by atoms with E-state index < -0.39 is 15.9 Å². The number of carbonyl (C=O) groups excluding carboxylic acids is 1. The highest BCUT2D eigenvalue weighted by Crippen LogP contribution is 2.34. The predicted molar refractivity (Wildman–Crippen MR) is 99.3 cm³/mol. The lowest BCUT2D eigenvalue weighted by atomic mass is 10.1. The lowest BCUT2D eigenvalue weighted by Crippen LogP contribution is -2.38. The maximum absolute atomic E-state index is 12.4. The van der Waals surface area contributed by atoms with E-state index in [9.17, 15) is 13.2 Å². The van der Waals surface area contributed by atoms with Gasteiger partial charge in [-0.2, -0.15) is 0 Å². The number of amides is 1. The summed E-state index contributed by atoms with van der Waals surface area (Å²) in [6.45, 7) is 3.54. The number of fused-ring (bicyclic) bond motifs is 1. The number of anilines is 2. The first kappa shape index (κ1) is 18.1. The zero-order valence-electron chi connectivity index (χ0n) is 14.8. The molecule has 2 aromatic carbocycles. The monoisotopic (exact) mass is 376 g/mol. The van der Waals surface area contributed by atoms with Gasteiger partial charge in [-0.05, 0) is 43.2 Å². The Morgan fingerprint density at radius 2 is 1.88 bits per heavy atom. The van der Waals surface area contributed by atoms with Crippen LogP contribution in [0.5, 0.6) is 11.5 Å². The van der Waals surface area contributed by atoms with Crippen molar-refractivity contribution in [2.45, 2.75) is 13.8 Å². The minimum absolute atomic E-state index is 0.140.